The Balaban J connectivity index is 2.34. The highest BCUT2D eigenvalue weighted by Gasteiger charge is 2.08. The fraction of sp³-hybridized carbons (Fsp3) is 0.500. The van der Waals surface area contributed by atoms with Gasteiger partial charge in [0, 0.05) is 26.1 Å². The maximum absolute atomic E-state index is 11.4. The third kappa shape index (κ3) is 6.29. The monoisotopic (exact) mass is 290 g/mol. The molecule has 0 fully saturated rings. The second-order valence-electron chi connectivity index (χ2n) is 5.22. The molecule has 1 atom stereocenters. The fourth-order valence-electron chi connectivity index (χ4n) is 1.80. The molecule has 0 aliphatic rings. The van der Waals surface area contributed by atoms with Gasteiger partial charge in [-0.1, -0.05) is 44.2 Å². The van der Waals surface area contributed by atoms with E-state index in [2.05, 4.69) is 40.0 Å². The van der Waals surface area contributed by atoms with Gasteiger partial charge in [0.05, 0.1) is 6.04 Å². The number of aliphatic imine (C=N–C) groups is 1. The lowest BCUT2D eigenvalue weighted by Gasteiger charge is -2.18. The molecule has 0 saturated carbocycles. The number of hydrogen-bond acceptors (Lipinski definition) is 2. The van der Waals surface area contributed by atoms with Gasteiger partial charge >= 0.3 is 0 Å². The van der Waals surface area contributed by atoms with Gasteiger partial charge in [0.15, 0.2) is 5.96 Å². The third-order valence-electron chi connectivity index (χ3n) is 3.12. The Morgan fingerprint density at radius 3 is 2.29 bits per heavy atom. The molecule has 5 nitrogen and oxygen atoms in total. The Morgan fingerprint density at radius 2 is 1.71 bits per heavy atom. The summed E-state index contributed by atoms with van der Waals surface area (Å²) in [4.78, 5) is 15.6. The van der Waals surface area contributed by atoms with E-state index in [1.165, 1.54) is 5.56 Å². The van der Waals surface area contributed by atoms with Gasteiger partial charge in [-0.15, -0.1) is 0 Å². The number of carbonyl (C=O) groups excluding carboxylic acids is 1. The van der Waals surface area contributed by atoms with Gasteiger partial charge < -0.3 is 16.0 Å². The summed E-state index contributed by atoms with van der Waals surface area (Å²) in [6, 6.07) is 10.4. The molecule has 0 aromatic heterocycles. The van der Waals surface area contributed by atoms with Crippen LogP contribution in [0.5, 0.6) is 0 Å². The second kappa shape index (κ2) is 9.00. The highest BCUT2D eigenvalue weighted by molar-refractivity contribution is 5.80. The average molecular weight is 290 g/mol. The summed E-state index contributed by atoms with van der Waals surface area (Å²) < 4.78 is 0. The fourth-order valence-corrected chi connectivity index (χ4v) is 1.80. The zero-order valence-electron chi connectivity index (χ0n) is 13.3. The third-order valence-corrected chi connectivity index (χ3v) is 3.12. The smallest absolute Gasteiger partial charge is 0.222 e. The number of benzene rings is 1. The molecule has 1 amide bonds. The quantitative estimate of drug-likeness (QED) is 0.424. The zero-order chi connectivity index (χ0) is 15.7. The van der Waals surface area contributed by atoms with E-state index >= 15 is 0 Å². The van der Waals surface area contributed by atoms with Crippen LogP contribution in [0.3, 0.4) is 0 Å². The topological polar surface area (TPSA) is 65.5 Å². The maximum atomic E-state index is 11.4. The van der Waals surface area contributed by atoms with Crippen molar-refractivity contribution < 1.29 is 4.79 Å². The van der Waals surface area contributed by atoms with E-state index in [1.807, 2.05) is 32.0 Å². The molecule has 1 unspecified atom stereocenters. The van der Waals surface area contributed by atoms with Crippen molar-refractivity contribution in [1.82, 2.24) is 16.0 Å². The van der Waals surface area contributed by atoms with E-state index in [0.29, 0.717) is 13.1 Å². The van der Waals surface area contributed by atoms with E-state index in [1.54, 1.807) is 7.05 Å². The summed E-state index contributed by atoms with van der Waals surface area (Å²) in [5.41, 5.74) is 1.20. The molecule has 5 heteroatoms. The van der Waals surface area contributed by atoms with Crippen molar-refractivity contribution in [3.63, 3.8) is 0 Å². The van der Waals surface area contributed by atoms with Crippen molar-refractivity contribution in [1.29, 1.82) is 0 Å². The Kier molecular flexibility index (Phi) is 7.29. The molecule has 1 rings (SSSR count). The van der Waals surface area contributed by atoms with Crippen LogP contribution >= 0.6 is 0 Å². The van der Waals surface area contributed by atoms with Crippen LogP contribution in [-0.4, -0.2) is 32.0 Å². The normalized spacial score (nSPS) is 12.9. The zero-order valence-corrected chi connectivity index (χ0v) is 13.3. The van der Waals surface area contributed by atoms with Gasteiger partial charge in [-0.2, -0.15) is 0 Å². The number of hydrogen-bond donors (Lipinski definition) is 3. The largest absolute Gasteiger partial charge is 0.355 e. The first kappa shape index (κ1) is 17.0. The molecule has 3 N–H and O–H groups in total. The van der Waals surface area contributed by atoms with Crippen LogP contribution in [0, 0.1) is 5.92 Å². The van der Waals surface area contributed by atoms with Crippen LogP contribution in [0.4, 0.5) is 0 Å². The van der Waals surface area contributed by atoms with Crippen molar-refractivity contribution in [2.45, 2.75) is 26.8 Å². The second-order valence-corrected chi connectivity index (χ2v) is 5.22. The molecule has 0 aliphatic heterocycles. The summed E-state index contributed by atoms with van der Waals surface area (Å²) in [5.74, 6) is 0.808. The standard InChI is InChI=1S/C16H26N4O/c1-12(2)15(21)18-10-11-19-16(17-4)20-13(3)14-8-6-5-7-9-14/h5-9,12-13H,10-11H2,1-4H3,(H,18,21)(H2,17,19,20). The number of guanidine groups is 1. The molecule has 0 heterocycles. The highest BCUT2D eigenvalue weighted by atomic mass is 16.1. The average Bonchev–Trinajstić information content (AvgIpc) is 2.50. The van der Waals surface area contributed by atoms with Gasteiger partial charge in [0.1, 0.15) is 0 Å². The minimum atomic E-state index is 0.0144. The Bertz CT molecular complexity index is 457. The van der Waals surface area contributed by atoms with Crippen molar-refractivity contribution in [3.05, 3.63) is 35.9 Å². The highest BCUT2D eigenvalue weighted by Crippen LogP contribution is 2.10. The van der Waals surface area contributed by atoms with Gasteiger partial charge in [-0.3, -0.25) is 9.79 Å². The summed E-state index contributed by atoms with van der Waals surface area (Å²) in [5, 5.41) is 9.37. The Hall–Kier alpha value is -2.04. The predicted octanol–water partition coefficient (Wildman–Crippen LogP) is 1.68. The van der Waals surface area contributed by atoms with Crippen LogP contribution in [0.1, 0.15) is 32.4 Å². The first-order valence-electron chi connectivity index (χ1n) is 7.34. The number of nitrogens with one attached hydrogen (secondary N) is 3. The van der Waals surface area contributed by atoms with Crippen LogP contribution in [0.15, 0.2) is 35.3 Å². The van der Waals surface area contributed by atoms with Gasteiger partial charge in [0.2, 0.25) is 5.91 Å². The lowest BCUT2D eigenvalue weighted by molar-refractivity contribution is -0.123. The SMILES string of the molecule is CN=C(NCCNC(=O)C(C)C)NC(C)c1ccccc1. The molecule has 1 aromatic rings. The van der Waals surface area contributed by atoms with E-state index in [0.717, 1.165) is 5.96 Å². The first-order chi connectivity index (χ1) is 10.0. The number of rotatable bonds is 6. The summed E-state index contributed by atoms with van der Waals surface area (Å²) in [6.45, 7) is 7.06. The lowest BCUT2D eigenvalue weighted by atomic mass is 10.1. The van der Waals surface area contributed by atoms with Crippen LogP contribution in [-0.2, 0) is 4.79 Å². The molecule has 0 bridgehead atoms. The molecule has 21 heavy (non-hydrogen) atoms. The molecular weight excluding hydrogens is 264 g/mol. The van der Waals surface area contributed by atoms with E-state index in [4.69, 9.17) is 0 Å². The van der Waals surface area contributed by atoms with Crippen molar-refractivity contribution in [3.8, 4) is 0 Å². The predicted molar refractivity (Wildman–Crippen MR) is 87.2 cm³/mol. The van der Waals surface area contributed by atoms with Crippen LogP contribution in [0.2, 0.25) is 0 Å². The van der Waals surface area contributed by atoms with Gasteiger partial charge in [-0.05, 0) is 12.5 Å². The van der Waals surface area contributed by atoms with Crippen LogP contribution in [0.25, 0.3) is 0 Å². The summed E-state index contributed by atoms with van der Waals surface area (Å²) in [6.07, 6.45) is 0. The minimum absolute atomic E-state index is 0.0144. The maximum Gasteiger partial charge on any atom is 0.222 e. The van der Waals surface area contributed by atoms with Crippen molar-refractivity contribution >= 4 is 11.9 Å². The van der Waals surface area contributed by atoms with Crippen LogP contribution < -0.4 is 16.0 Å². The van der Waals surface area contributed by atoms with Crippen molar-refractivity contribution in [2.24, 2.45) is 10.9 Å². The number of carbonyl (C=O) groups is 1. The molecular formula is C16H26N4O. The van der Waals surface area contributed by atoms with Gasteiger partial charge in [0.25, 0.3) is 0 Å². The minimum Gasteiger partial charge on any atom is -0.355 e. The Labute approximate surface area is 127 Å². The summed E-state index contributed by atoms with van der Waals surface area (Å²) in [7, 11) is 1.74. The molecule has 1 aromatic carbocycles. The van der Waals surface area contributed by atoms with E-state index < -0.39 is 0 Å². The first-order valence-corrected chi connectivity index (χ1v) is 7.34. The summed E-state index contributed by atoms with van der Waals surface area (Å²) >= 11 is 0. The Morgan fingerprint density at radius 1 is 1.10 bits per heavy atom. The lowest BCUT2D eigenvalue weighted by Crippen LogP contribution is -2.42. The number of nitrogens with zero attached hydrogens (tertiary/aromatic N) is 1. The van der Waals surface area contributed by atoms with Crippen molar-refractivity contribution in [2.75, 3.05) is 20.1 Å². The van der Waals surface area contributed by atoms with Gasteiger partial charge in [-0.25, -0.2) is 0 Å². The molecule has 116 valence electrons. The number of amides is 1. The molecule has 0 radical (unpaired) electrons. The van der Waals surface area contributed by atoms with E-state index in [-0.39, 0.29) is 17.9 Å². The molecule has 0 spiro atoms. The molecule has 0 saturated heterocycles. The van der Waals surface area contributed by atoms with E-state index in [9.17, 15) is 4.79 Å². The molecule has 0 aliphatic carbocycles.